The van der Waals surface area contributed by atoms with Gasteiger partial charge in [-0.1, -0.05) is 41.5 Å². The van der Waals surface area contributed by atoms with E-state index in [1.165, 1.54) is 6.42 Å². The average Bonchev–Trinajstić information content (AvgIpc) is 2.46. The zero-order valence-corrected chi connectivity index (χ0v) is 16.6. The van der Waals surface area contributed by atoms with E-state index in [1.54, 1.807) is 0 Å². The smallest absolute Gasteiger partial charge is 0.225 e. The summed E-state index contributed by atoms with van der Waals surface area (Å²) in [6, 6.07) is 0. The van der Waals surface area contributed by atoms with Crippen LogP contribution >= 0.6 is 0 Å². The fourth-order valence-corrected chi connectivity index (χ4v) is 2.58. The maximum atomic E-state index is 11.9. The molecule has 24 heavy (non-hydrogen) atoms. The summed E-state index contributed by atoms with van der Waals surface area (Å²) in [5.74, 6) is 0.0744. The molecule has 1 amide bonds. The Kier molecular flexibility index (Phi) is 8.68. The minimum atomic E-state index is -0.352. The summed E-state index contributed by atoms with van der Waals surface area (Å²) in [4.78, 5) is 14.3. The molecule has 1 heterocycles. The number of carbonyl (C=O) groups excluding carboxylic acids is 1. The SMILES string of the molecule is CC(C)(C)CCCOCCN1CCOC(CNC(=O)C(C)(C)C)C1. The molecule has 0 saturated carbocycles. The summed E-state index contributed by atoms with van der Waals surface area (Å²) in [7, 11) is 0. The molecule has 1 aliphatic rings. The maximum absolute atomic E-state index is 11.9. The van der Waals surface area contributed by atoms with Crippen LogP contribution in [0.5, 0.6) is 0 Å². The summed E-state index contributed by atoms with van der Waals surface area (Å²) in [6.07, 6.45) is 2.39. The number of morpholine rings is 1. The lowest BCUT2D eigenvalue weighted by molar-refractivity contribution is -0.129. The Morgan fingerprint density at radius 2 is 1.92 bits per heavy atom. The fourth-order valence-electron chi connectivity index (χ4n) is 2.58. The topological polar surface area (TPSA) is 50.8 Å². The molecule has 0 aromatic carbocycles. The van der Waals surface area contributed by atoms with E-state index in [-0.39, 0.29) is 17.4 Å². The van der Waals surface area contributed by atoms with Crippen molar-refractivity contribution >= 4 is 5.91 Å². The molecule has 5 heteroatoms. The molecule has 1 unspecified atom stereocenters. The number of hydrogen-bond acceptors (Lipinski definition) is 4. The van der Waals surface area contributed by atoms with Crippen LogP contribution in [0.1, 0.15) is 54.4 Å². The van der Waals surface area contributed by atoms with Gasteiger partial charge in [0.25, 0.3) is 0 Å². The predicted molar refractivity (Wildman–Crippen MR) is 98.2 cm³/mol. The van der Waals surface area contributed by atoms with Crippen molar-refractivity contribution in [1.29, 1.82) is 0 Å². The quantitative estimate of drug-likeness (QED) is 0.689. The van der Waals surface area contributed by atoms with E-state index < -0.39 is 0 Å². The van der Waals surface area contributed by atoms with Crippen LogP contribution in [0.4, 0.5) is 0 Å². The number of carbonyl (C=O) groups is 1. The summed E-state index contributed by atoms with van der Waals surface area (Å²) in [5, 5.41) is 2.99. The molecule has 1 N–H and O–H groups in total. The van der Waals surface area contributed by atoms with E-state index in [9.17, 15) is 4.79 Å². The molecule has 0 radical (unpaired) electrons. The van der Waals surface area contributed by atoms with Crippen LogP contribution in [0.3, 0.4) is 0 Å². The number of amides is 1. The van der Waals surface area contributed by atoms with E-state index in [0.29, 0.717) is 12.0 Å². The number of nitrogens with zero attached hydrogens (tertiary/aromatic N) is 1. The van der Waals surface area contributed by atoms with Crippen LogP contribution in [0, 0.1) is 10.8 Å². The van der Waals surface area contributed by atoms with Gasteiger partial charge in [-0.3, -0.25) is 9.69 Å². The summed E-state index contributed by atoms with van der Waals surface area (Å²) >= 11 is 0. The van der Waals surface area contributed by atoms with Crippen LogP contribution in [0.25, 0.3) is 0 Å². The van der Waals surface area contributed by atoms with Crippen molar-refractivity contribution in [2.75, 3.05) is 46.0 Å². The summed E-state index contributed by atoms with van der Waals surface area (Å²) < 4.78 is 11.5. The average molecular weight is 343 g/mol. The largest absolute Gasteiger partial charge is 0.380 e. The fraction of sp³-hybridized carbons (Fsp3) is 0.947. The molecule has 1 atom stereocenters. The van der Waals surface area contributed by atoms with Gasteiger partial charge in [-0.15, -0.1) is 0 Å². The Bertz CT molecular complexity index is 372. The molecule has 0 bridgehead atoms. The standard InChI is InChI=1S/C19H38N2O3/c1-18(2,3)8-7-11-23-12-9-21-10-13-24-16(15-21)14-20-17(22)19(4,5)6/h16H,7-15H2,1-6H3,(H,20,22). The first-order valence-corrected chi connectivity index (χ1v) is 9.28. The lowest BCUT2D eigenvalue weighted by atomic mass is 9.91. The maximum Gasteiger partial charge on any atom is 0.225 e. The van der Waals surface area contributed by atoms with Gasteiger partial charge in [0.2, 0.25) is 5.91 Å². The highest BCUT2D eigenvalue weighted by Crippen LogP contribution is 2.20. The molecule has 5 nitrogen and oxygen atoms in total. The molecule has 1 rings (SSSR count). The van der Waals surface area contributed by atoms with Crippen LogP contribution in [0.15, 0.2) is 0 Å². The first kappa shape index (κ1) is 21.4. The van der Waals surface area contributed by atoms with Gasteiger partial charge in [0.1, 0.15) is 0 Å². The summed E-state index contributed by atoms with van der Waals surface area (Å²) in [6.45, 7) is 18.2. The molecule has 1 fully saturated rings. The molecule has 1 saturated heterocycles. The van der Waals surface area contributed by atoms with Crippen molar-refractivity contribution in [2.45, 2.75) is 60.5 Å². The lowest BCUT2D eigenvalue weighted by Crippen LogP contribution is -2.49. The third kappa shape index (κ3) is 9.60. The Morgan fingerprint density at radius 3 is 2.54 bits per heavy atom. The van der Waals surface area contributed by atoms with Crippen molar-refractivity contribution in [3.05, 3.63) is 0 Å². The van der Waals surface area contributed by atoms with Crippen molar-refractivity contribution in [1.82, 2.24) is 10.2 Å². The second-order valence-electron chi connectivity index (χ2n) is 9.03. The number of hydrogen-bond donors (Lipinski definition) is 1. The van der Waals surface area contributed by atoms with E-state index in [2.05, 4.69) is 31.0 Å². The van der Waals surface area contributed by atoms with Gasteiger partial charge in [-0.05, 0) is 18.3 Å². The second-order valence-corrected chi connectivity index (χ2v) is 9.03. The van der Waals surface area contributed by atoms with Crippen LogP contribution in [-0.4, -0.2) is 62.9 Å². The lowest BCUT2D eigenvalue weighted by Gasteiger charge is -2.33. The van der Waals surface area contributed by atoms with E-state index in [4.69, 9.17) is 9.47 Å². The van der Waals surface area contributed by atoms with E-state index in [1.807, 2.05) is 20.8 Å². The van der Waals surface area contributed by atoms with Gasteiger partial charge in [0.15, 0.2) is 0 Å². The monoisotopic (exact) mass is 342 g/mol. The van der Waals surface area contributed by atoms with Gasteiger partial charge in [-0.2, -0.15) is 0 Å². The van der Waals surface area contributed by atoms with Crippen LogP contribution in [-0.2, 0) is 14.3 Å². The zero-order valence-electron chi connectivity index (χ0n) is 16.6. The Balaban J connectivity index is 2.14. The first-order chi connectivity index (χ1) is 11.1. The van der Waals surface area contributed by atoms with E-state index >= 15 is 0 Å². The Hall–Kier alpha value is -0.650. The highest BCUT2D eigenvalue weighted by molar-refractivity contribution is 5.81. The van der Waals surface area contributed by atoms with Gasteiger partial charge in [0.05, 0.1) is 19.3 Å². The van der Waals surface area contributed by atoms with Gasteiger partial charge in [0, 0.05) is 38.2 Å². The zero-order chi connectivity index (χ0) is 18.2. The first-order valence-electron chi connectivity index (χ1n) is 9.28. The van der Waals surface area contributed by atoms with E-state index in [0.717, 1.165) is 45.9 Å². The summed E-state index contributed by atoms with van der Waals surface area (Å²) in [5.41, 5.74) is 0.0352. The molecule has 0 aromatic heterocycles. The van der Waals surface area contributed by atoms with Gasteiger partial charge >= 0.3 is 0 Å². The van der Waals surface area contributed by atoms with Crippen molar-refractivity contribution in [3.63, 3.8) is 0 Å². The minimum Gasteiger partial charge on any atom is -0.380 e. The normalized spacial score (nSPS) is 20.2. The molecule has 142 valence electrons. The second kappa shape index (κ2) is 9.73. The molecular weight excluding hydrogens is 304 g/mol. The highest BCUT2D eigenvalue weighted by atomic mass is 16.5. The Morgan fingerprint density at radius 1 is 1.21 bits per heavy atom. The number of nitrogens with one attached hydrogen (secondary N) is 1. The number of ether oxygens (including phenoxy) is 2. The third-order valence-electron chi connectivity index (χ3n) is 4.16. The van der Waals surface area contributed by atoms with Crippen molar-refractivity contribution in [3.8, 4) is 0 Å². The third-order valence-corrected chi connectivity index (χ3v) is 4.16. The highest BCUT2D eigenvalue weighted by Gasteiger charge is 2.24. The van der Waals surface area contributed by atoms with Gasteiger partial charge < -0.3 is 14.8 Å². The van der Waals surface area contributed by atoms with Crippen molar-refractivity contribution < 1.29 is 14.3 Å². The molecule has 0 aromatic rings. The van der Waals surface area contributed by atoms with Crippen molar-refractivity contribution in [2.24, 2.45) is 10.8 Å². The van der Waals surface area contributed by atoms with Gasteiger partial charge in [-0.25, -0.2) is 0 Å². The molecular formula is C19H38N2O3. The van der Waals surface area contributed by atoms with Crippen LogP contribution < -0.4 is 5.32 Å². The molecule has 1 aliphatic heterocycles. The minimum absolute atomic E-state index is 0.0744. The predicted octanol–water partition coefficient (Wildman–Crippen LogP) is 2.69. The Labute approximate surface area is 148 Å². The molecule has 0 aliphatic carbocycles. The van der Waals surface area contributed by atoms with Crippen LogP contribution in [0.2, 0.25) is 0 Å². The molecule has 0 spiro atoms. The number of rotatable bonds is 8.